The lowest BCUT2D eigenvalue weighted by atomic mass is 10.4. The van der Waals surface area contributed by atoms with Crippen LogP contribution >= 0.6 is 11.8 Å². The summed E-state index contributed by atoms with van der Waals surface area (Å²) >= 11 is 1.29. The number of aryl methyl sites for hydroxylation is 1. The quantitative estimate of drug-likeness (QED) is 0.650. The van der Waals surface area contributed by atoms with E-state index in [4.69, 9.17) is 0 Å². The van der Waals surface area contributed by atoms with Crippen LogP contribution in [-0.4, -0.2) is 32.2 Å². The number of carbonyl (C=O) groups excluding carboxylic acids is 1. The number of aromatic amines is 1. The Morgan fingerprint density at radius 2 is 2.24 bits per heavy atom. The molecule has 0 aliphatic rings. The molecule has 0 saturated heterocycles. The van der Waals surface area contributed by atoms with Crippen molar-refractivity contribution in [2.24, 2.45) is 0 Å². The van der Waals surface area contributed by atoms with Gasteiger partial charge in [0, 0.05) is 18.3 Å². The van der Waals surface area contributed by atoms with Gasteiger partial charge in [0.15, 0.2) is 5.16 Å². The average Bonchev–Trinajstić information content (AvgIpc) is 2.76. The fourth-order valence-corrected chi connectivity index (χ4v) is 2.97. The highest BCUT2D eigenvalue weighted by molar-refractivity contribution is 7.99. The second-order valence-electron chi connectivity index (χ2n) is 5.17. The van der Waals surface area contributed by atoms with Gasteiger partial charge in [0.1, 0.15) is 5.52 Å². The summed E-state index contributed by atoms with van der Waals surface area (Å²) < 4.78 is 1.59. The van der Waals surface area contributed by atoms with Crippen LogP contribution in [0.5, 0.6) is 0 Å². The smallest absolute Gasteiger partial charge is 0.278 e. The summed E-state index contributed by atoms with van der Waals surface area (Å²) in [5.74, 6) is 0.191. The van der Waals surface area contributed by atoms with Crippen molar-refractivity contribution in [3.8, 4) is 0 Å². The van der Waals surface area contributed by atoms with E-state index < -0.39 is 0 Å². The van der Waals surface area contributed by atoms with Crippen molar-refractivity contribution in [2.75, 3.05) is 5.75 Å². The van der Waals surface area contributed by atoms with Gasteiger partial charge in [-0.2, -0.15) is 0 Å². The Balaban J connectivity index is 2.30. The Labute approximate surface area is 127 Å². The van der Waals surface area contributed by atoms with Gasteiger partial charge in [0.2, 0.25) is 5.91 Å². The summed E-state index contributed by atoms with van der Waals surface area (Å²) in [6, 6.07) is 1.95. The lowest BCUT2D eigenvalue weighted by Crippen LogP contribution is -2.32. The van der Waals surface area contributed by atoms with E-state index in [1.807, 2.05) is 33.8 Å². The summed E-state index contributed by atoms with van der Waals surface area (Å²) in [4.78, 5) is 31.6. The molecule has 0 spiro atoms. The number of rotatable bonds is 5. The highest BCUT2D eigenvalue weighted by Gasteiger charge is 2.14. The van der Waals surface area contributed by atoms with Gasteiger partial charge in [-0.15, -0.1) is 0 Å². The zero-order chi connectivity index (χ0) is 15.6. The number of amides is 1. The topological polar surface area (TPSA) is 79.8 Å². The Hall–Kier alpha value is -1.76. The zero-order valence-electron chi connectivity index (χ0n) is 12.7. The number of thioether (sulfide) groups is 1. The largest absolute Gasteiger partial charge is 0.353 e. The molecule has 2 rings (SSSR count). The molecule has 0 aromatic carbocycles. The average molecular weight is 308 g/mol. The van der Waals surface area contributed by atoms with Gasteiger partial charge >= 0.3 is 0 Å². The van der Waals surface area contributed by atoms with E-state index >= 15 is 0 Å². The van der Waals surface area contributed by atoms with Crippen molar-refractivity contribution in [3.05, 3.63) is 22.1 Å². The van der Waals surface area contributed by atoms with Crippen molar-refractivity contribution >= 4 is 28.7 Å². The molecule has 0 fully saturated rings. The van der Waals surface area contributed by atoms with E-state index in [9.17, 15) is 9.59 Å². The van der Waals surface area contributed by atoms with Crippen molar-refractivity contribution < 1.29 is 4.79 Å². The molecular weight excluding hydrogens is 288 g/mol. The minimum Gasteiger partial charge on any atom is -0.353 e. The second-order valence-corrected chi connectivity index (χ2v) is 6.11. The van der Waals surface area contributed by atoms with Crippen LogP contribution in [0.3, 0.4) is 0 Å². The van der Waals surface area contributed by atoms with Gasteiger partial charge in [-0.1, -0.05) is 11.8 Å². The van der Waals surface area contributed by atoms with E-state index in [2.05, 4.69) is 15.3 Å². The molecule has 6 nitrogen and oxygen atoms in total. The molecule has 0 unspecified atom stereocenters. The highest BCUT2D eigenvalue weighted by atomic mass is 32.2. The summed E-state index contributed by atoms with van der Waals surface area (Å²) in [5.41, 5.74) is 1.97. The highest BCUT2D eigenvalue weighted by Crippen LogP contribution is 2.18. The van der Waals surface area contributed by atoms with Crippen LogP contribution in [-0.2, 0) is 11.3 Å². The van der Waals surface area contributed by atoms with Crippen LogP contribution in [0.4, 0.5) is 0 Å². The fourth-order valence-electron chi connectivity index (χ4n) is 2.09. The van der Waals surface area contributed by atoms with Crippen LogP contribution in [0.15, 0.2) is 16.0 Å². The van der Waals surface area contributed by atoms with Crippen molar-refractivity contribution in [2.45, 2.75) is 45.4 Å². The van der Waals surface area contributed by atoms with Crippen LogP contribution in [0, 0.1) is 6.92 Å². The molecule has 2 N–H and O–H groups in total. The number of fused-ring (bicyclic) bond motifs is 1. The van der Waals surface area contributed by atoms with Crippen LogP contribution < -0.4 is 10.9 Å². The van der Waals surface area contributed by atoms with Gasteiger partial charge in [-0.25, -0.2) is 4.98 Å². The predicted octanol–water partition coefficient (Wildman–Crippen LogP) is 1.67. The first-order chi connectivity index (χ1) is 9.92. The number of hydrogen-bond acceptors (Lipinski definition) is 4. The van der Waals surface area contributed by atoms with Crippen LogP contribution in [0.2, 0.25) is 0 Å². The Morgan fingerprint density at radius 1 is 1.52 bits per heavy atom. The van der Waals surface area contributed by atoms with E-state index in [1.165, 1.54) is 11.8 Å². The maximum absolute atomic E-state index is 12.4. The zero-order valence-corrected chi connectivity index (χ0v) is 13.5. The number of H-pyrrole nitrogens is 1. The fraction of sp³-hybridized carbons (Fsp3) is 0.500. The van der Waals surface area contributed by atoms with Crippen molar-refractivity contribution in [1.82, 2.24) is 19.9 Å². The van der Waals surface area contributed by atoms with Crippen molar-refractivity contribution in [1.29, 1.82) is 0 Å². The Bertz CT molecular complexity index is 718. The van der Waals surface area contributed by atoms with Gasteiger partial charge in [-0.05, 0) is 33.8 Å². The minimum absolute atomic E-state index is 0.0581. The first-order valence-electron chi connectivity index (χ1n) is 6.94. The lowest BCUT2D eigenvalue weighted by molar-refractivity contribution is -0.119. The molecule has 7 heteroatoms. The maximum atomic E-state index is 12.4. The summed E-state index contributed by atoms with van der Waals surface area (Å²) in [5, 5.41) is 3.40. The molecule has 0 atom stereocenters. The second kappa shape index (κ2) is 6.34. The first-order valence-corrected chi connectivity index (χ1v) is 7.93. The minimum atomic E-state index is -0.0950. The van der Waals surface area contributed by atoms with E-state index in [0.717, 1.165) is 5.69 Å². The normalized spacial score (nSPS) is 11.3. The summed E-state index contributed by atoms with van der Waals surface area (Å²) in [6.45, 7) is 8.13. The predicted molar refractivity (Wildman–Crippen MR) is 84.8 cm³/mol. The molecule has 0 bridgehead atoms. The molecule has 2 aromatic rings. The molecule has 2 heterocycles. The van der Waals surface area contributed by atoms with E-state index in [1.54, 1.807) is 4.57 Å². The molecule has 0 saturated carbocycles. The number of aromatic nitrogens is 3. The maximum Gasteiger partial charge on any atom is 0.278 e. The molecule has 21 heavy (non-hydrogen) atoms. The summed E-state index contributed by atoms with van der Waals surface area (Å²) in [7, 11) is 0. The number of hydrogen-bond donors (Lipinski definition) is 2. The Kier molecular flexibility index (Phi) is 4.72. The molecule has 1 amide bonds. The third-order valence-electron chi connectivity index (χ3n) is 2.94. The van der Waals surface area contributed by atoms with Crippen LogP contribution in [0.1, 0.15) is 26.5 Å². The van der Waals surface area contributed by atoms with Crippen LogP contribution in [0.25, 0.3) is 11.0 Å². The Morgan fingerprint density at radius 3 is 2.86 bits per heavy atom. The molecule has 0 aliphatic carbocycles. The third kappa shape index (κ3) is 3.47. The molecule has 2 aromatic heterocycles. The molecule has 0 radical (unpaired) electrons. The first kappa shape index (κ1) is 15.6. The summed E-state index contributed by atoms with van der Waals surface area (Å²) in [6.07, 6.45) is 0. The standard InChI is InChI=1S/C14H20N4O2S/c1-5-18-13(20)12-10(6-9(4)16-12)17-14(18)21-7-11(19)15-8(2)3/h6,8,16H,5,7H2,1-4H3,(H,15,19). The van der Waals surface area contributed by atoms with E-state index in [0.29, 0.717) is 22.7 Å². The molecule has 114 valence electrons. The monoisotopic (exact) mass is 308 g/mol. The number of nitrogens with zero attached hydrogens (tertiary/aromatic N) is 2. The van der Waals surface area contributed by atoms with E-state index in [-0.39, 0.29) is 23.3 Å². The van der Waals surface area contributed by atoms with Gasteiger partial charge in [0.05, 0.1) is 11.3 Å². The van der Waals surface area contributed by atoms with Gasteiger partial charge in [-0.3, -0.25) is 14.2 Å². The van der Waals surface area contributed by atoms with Gasteiger partial charge < -0.3 is 10.3 Å². The lowest BCUT2D eigenvalue weighted by Gasteiger charge is -2.11. The molecular formula is C14H20N4O2S. The SMILES string of the molecule is CCn1c(SCC(=O)NC(C)C)nc2cc(C)[nH]c2c1=O. The number of carbonyl (C=O) groups is 1. The van der Waals surface area contributed by atoms with Gasteiger partial charge in [0.25, 0.3) is 5.56 Å². The van der Waals surface area contributed by atoms with Crippen molar-refractivity contribution in [3.63, 3.8) is 0 Å². The molecule has 0 aliphatic heterocycles. The number of nitrogens with one attached hydrogen (secondary N) is 2. The third-order valence-corrected chi connectivity index (χ3v) is 3.91.